The van der Waals surface area contributed by atoms with E-state index in [9.17, 15) is 9.90 Å². The van der Waals surface area contributed by atoms with E-state index in [1.807, 2.05) is 6.92 Å². The van der Waals surface area contributed by atoms with Crippen molar-refractivity contribution in [2.45, 2.75) is 33.6 Å². The van der Waals surface area contributed by atoms with Crippen molar-refractivity contribution in [3.8, 4) is 23.0 Å². The van der Waals surface area contributed by atoms with E-state index in [1.54, 1.807) is 13.8 Å². The van der Waals surface area contributed by atoms with Crippen molar-refractivity contribution in [3.63, 3.8) is 0 Å². The highest BCUT2D eigenvalue weighted by molar-refractivity contribution is 5.93. The summed E-state index contributed by atoms with van der Waals surface area (Å²) in [7, 11) is 0. The summed E-state index contributed by atoms with van der Waals surface area (Å²) in [5, 5.41) is 19.2. The third-order valence-electron chi connectivity index (χ3n) is 2.74. The SMILES string of the molecule is CCCCOc1c(OCC)cc(C(=O)O)c(O)c1OCC. The van der Waals surface area contributed by atoms with Gasteiger partial charge in [-0.2, -0.15) is 0 Å². The van der Waals surface area contributed by atoms with Crippen molar-refractivity contribution in [2.24, 2.45) is 0 Å². The molecule has 6 nitrogen and oxygen atoms in total. The molecule has 0 fully saturated rings. The first-order valence-corrected chi connectivity index (χ1v) is 7.08. The molecule has 1 rings (SSSR count). The summed E-state index contributed by atoms with van der Waals surface area (Å²) in [5.41, 5.74) is -0.273. The number of aromatic carboxylic acids is 1. The van der Waals surface area contributed by atoms with Crippen LogP contribution in [0, 0.1) is 0 Å². The second-order valence-corrected chi connectivity index (χ2v) is 4.30. The molecule has 0 saturated carbocycles. The minimum absolute atomic E-state index is 0.0111. The van der Waals surface area contributed by atoms with Crippen LogP contribution in [0.15, 0.2) is 6.07 Å². The van der Waals surface area contributed by atoms with E-state index >= 15 is 0 Å². The molecule has 0 radical (unpaired) electrons. The Hall–Kier alpha value is -2.11. The fourth-order valence-corrected chi connectivity index (χ4v) is 1.77. The van der Waals surface area contributed by atoms with Gasteiger partial charge in [0.25, 0.3) is 0 Å². The van der Waals surface area contributed by atoms with Crippen LogP contribution in [0.1, 0.15) is 44.0 Å². The van der Waals surface area contributed by atoms with Crippen LogP contribution in [0.5, 0.6) is 23.0 Å². The molecule has 0 atom stereocenters. The van der Waals surface area contributed by atoms with Crippen molar-refractivity contribution < 1.29 is 29.2 Å². The van der Waals surface area contributed by atoms with Crippen LogP contribution in [0.4, 0.5) is 0 Å². The van der Waals surface area contributed by atoms with Crippen molar-refractivity contribution in [1.29, 1.82) is 0 Å². The normalized spacial score (nSPS) is 10.2. The van der Waals surface area contributed by atoms with Crippen molar-refractivity contribution in [3.05, 3.63) is 11.6 Å². The zero-order valence-electron chi connectivity index (χ0n) is 12.6. The molecule has 21 heavy (non-hydrogen) atoms. The Morgan fingerprint density at radius 3 is 2.29 bits per heavy atom. The first kappa shape index (κ1) is 16.9. The minimum atomic E-state index is -1.26. The van der Waals surface area contributed by atoms with Gasteiger partial charge in [0.15, 0.2) is 11.5 Å². The molecule has 6 heteroatoms. The first-order chi connectivity index (χ1) is 10.1. The Kier molecular flexibility index (Phi) is 6.65. The van der Waals surface area contributed by atoms with E-state index in [1.165, 1.54) is 6.07 Å². The maximum Gasteiger partial charge on any atom is 0.339 e. The van der Waals surface area contributed by atoms with Gasteiger partial charge < -0.3 is 24.4 Å². The van der Waals surface area contributed by atoms with E-state index in [-0.39, 0.29) is 29.4 Å². The monoisotopic (exact) mass is 298 g/mol. The Morgan fingerprint density at radius 1 is 1.10 bits per heavy atom. The third-order valence-corrected chi connectivity index (χ3v) is 2.74. The molecular formula is C15H22O6. The van der Waals surface area contributed by atoms with E-state index in [4.69, 9.17) is 19.3 Å². The lowest BCUT2D eigenvalue weighted by Gasteiger charge is -2.18. The van der Waals surface area contributed by atoms with Gasteiger partial charge in [-0.1, -0.05) is 13.3 Å². The molecule has 0 aliphatic heterocycles. The van der Waals surface area contributed by atoms with E-state index in [0.717, 1.165) is 12.8 Å². The predicted octanol–water partition coefficient (Wildman–Crippen LogP) is 3.07. The summed E-state index contributed by atoms with van der Waals surface area (Å²) in [6.45, 7) is 6.60. The van der Waals surface area contributed by atoms with Crippen LogP contribution in [-0.2, 0) is 0 Å². The van der Waals surface area contributed by atoms with Gasteiger partial charge in [-0.15, -0.1) is 0 Å². The zero-order chi connectivity index (χ0) is 15.8. The molecule has 0 heterocycles. The molecule has 0 saturated heterocycles. The molecule has 1 aromatic rings. The fraction of sp³-hybridized carbons (Fsp3) is 0.533. The second-order valence-electron chi connectivity index (χ2n) is 4.30. The van der Waals surface area contributed by atoms with Gasteiger partial charge >= 0.3 is 5.97 Å². The van der Waals surface area contributed by atoms with E-state index in [2.05, 4.69) is 0 Å². The van der Waals surface area contributed by atoms with Gasteiger partial charge in [0, 0.05) is 6.07 Å². The number of carboxylic acid groups (broad SMARTS) is 1. The van der Waals surface area contributed by atoms with E-state index in [0.29, 0.717) is 13.2 Å². The highest BCUT2D eigenvalue weighted by Crippen LogP contribution is 2.46. The molecule has 0 aliphatic rings. The largest absolute Gasteiger partial charge is 0.504 e. The molecule has 2 N–H and O–H groups in total. The number of hydrogen-bond donors (Lipinski definition) is 2. The maximum absolute atomic E-state index is 11.2. The smallest absolute Gasteiger partial charge is 0.339 e. The lowest BCUT2D eigenvalue weighted by atomic mass is 10.1. The number of carbonyl (C=O) groups is 1. The summed E-state index contributed by atoms with van der Waals surface area (Å²) in [4.78, 5) is 11.2. The number of benzene rings is 1. The molecular weight excluding hydrogens is 276 g/mol. The number of hydrogen-bond acceptors (Lipinski definition) is 5. The number of aromatic hydroxyl groups is 1. The summed E-state index contributed by atoms with van der Waals surface area (Å²) in [6, 6.07) is 1.25. The molecule has 0 bridgehead atoms. The van der Waals surface area contributed by atoms with Gasteiger partial charge in [0.05, 0.1) is 19.8 Å². The second kappa shape index (κ2) is 8.24. The van der Waals surface area contributed by atoms with Gasteiger partial charge in [-0.05, 0) is 20.3 Å². The van der Waals surface area contributed by atoms with Crippen LogP contribution in [-0.4, -0.2) is 36.0 Å². The molecule has 0 aliphatic carbocycles. The number of unbranched alkanes of at least 4 members (excludes halogenated alkanes) is 1. The van der Waals surface area contributed by atoms with Crippen molar-refractivity contribution in [1.82, 2.24) is 0 Å². The fourth-order valence-electron chi connectivity index (χ4n) is 1.77. The number of ether oxygens (including phenoxy) is 3. The highest BCUT2D eigenvalue weighted by atomic mass is 16.5. The summed E-state index contributed by atoms with van der Waals surface area (Å²) >= 11 is 0. The zero-order valence-corrected chi connectivity index (χ0v) is 12.6. The lowest BCUT2D eigenvalue weighted by Crippen LogP contribution is -2.07. The van der Waals surface area contributed by atoms with E-state index < -0.39 is 11.7 Å². The van der Waals surface area contributed by atoms with Crippen LogP contribution < -0.4 is 14.2 Å². The molecule has 0 spiro atoms. The Labute approximate surface area is 124 Å². The Bertz CT molecular complexity index is 484. The first-order valence-electron chi connectivity index (χ1n) is 7.08. The van der Waals surface area contributed by atoms with Gasteiger partial charge in [0.2, 0.25) is 11.5 Å². The lowest BCUT2D eigenvalue weighted by molar-refractivity contribution is 0.0692. The summed E-state index contributed by atoms with van der Waals surface area (Å²) in [5.74, 6) is -1.19. The standard InChI is InChI=1S/C15H22O6/c1-4-7-8-21-13-11(19-5-2)9-10(15(17)18)12(16)14(13)20-6-3/h9,16H,4-8H2,1-3H3,(H,17,18). The molecule has 1 aromatic carbocycles. The average molecular weight is 298 g/mol. The highest BCUT2D eigenvalue weighted by Gasteiger charge is 2.24. The number of rotatable bonds is 9. The topological polar surface area (TPSA) is 85.2 Å². The Balaban J connectivity index is 3.32. The van der Waals surface area contributed by atoms with Gasteiger partial charge in [-0.25, -0.2) is 4.79 Å². The molecule has 0 unspecified atom stereocenters. The van der Waals surface area contributed by atoms with Crippen LogP contribution in [0.25, 0.3) is 0 Å². The summed E-state index contributed by atoms with van der Waals surface area (Å²) < 4.78 is 16.4. The van der Waals surface area contributed by atoms with Crippen molar-refractivity contribution >= 4 is 5.97 Å². The predicted molar refractivity (Wildman–Crippen MR) is 77.8 cm³/mol. The quantitative estimate of drug-likeness (QED) is 0.681. The minimum Gasteiger partial charge on any atom is -0.504 e. The molecule has 0 aromatic heterocycles. The van der Waals surface area contributed by atoms with Crippen molar-refractivity contribution in [2.75, 3.05) is 19.8 Å². The summed E-state index contributed by atoms with van der Waals surface area (Å²) in [6.07, 6.45) is 1.78. The third kappa shape index (κ3) is 4.18. The molecule has 118 valence electrons. The van der Waals surface area contributed by atoms with Gasteiger partial charge in [0.1, 0.15) is 5.56 Å². The maximum atomic E-state index is 11.2. The average Bonchev–Trinajstić information content (AvgIpc) is 2.44. The van der Waals surface area contributed by atoms with Crippen LogP contribution >= 0.6 is 0 Å². The van der Waals surface area contributed by atoms with Crippen LogP contribution in [0.3, 0.4) is 0 Å². The molecule has 0 amide bonds. The van der Waals surface area contributed by atoms with Gasteiger partial charge in [-0.3, -0.25) is 0 Å². The number of carboxylic acids is 1. The Morgan fingerprint density at radius 2 is 1.76 bits per heavy atom. The number of phenols is 1. The van der Waals surface area contributed by atoms with Crippen LogP contribution in [0.2, 0.25) is 0 Å².